The monoisotopic (exact) mass is 422 g/mol. The SMILES string of the molecule is Br.Br.CC(C)C1=[C-]CC=C1.CC(C)C1=[C-]CC=C1.[Ti+2]. The Morgan fingerprint density at radius 2 is 1.11 bits per heavy atom. The van der Waals surface area contributed by atoms with Gasteiger partial charge >= 0.3 is 21.7 Å². The average molecular weight is 424 g/mol. The molecule has 2 rings (SSSR count). The number of hydrogen-bond acceptors (Lipinski definition) is 0. The molecule has 106 valence electrons. The maximum atomic E-state index is 3.26. The van der Waals surface area contributed by atoms with E-state index in [1.54, 1.807) is 0 Å². The molecule has 0 aromatic carbocycles. The molecule has 0 amide bonds. The molecule has 0 radical (unpaired) electrons. The number of allylic oxidation sites excluding steroid dienone is 8. The second kappa shape index (κ2) is 13.6. The van der Waals surface area contributed by atoms with Gasteiger partial charge in [0, 0.05) is 0 Å². The van der Waals surface area contributed by atoms with Crippen LogP contribution in [-0.4, -0.2) is 0 Å². The van der Waals surface area contributed by atoms with E-state index in [1.165, 1.54) is 11.1 Å². The number of rotatable bonds is 2. The molecule has 19 heavy (non-hydrogen) atoms. The van der Waals surface area contributed by atoms with Gasteiger partial charge < -0.3 is 0 Å². The second-order valence-corrected chi connectivity index (χ2v) is 4.79. The maximum absolute atomic E-state index is 3.26. The molecule has 0 unspecified atom stereocenters. The van der Waals surface area contributed by atoms with Crippen molar-refractivity contribution in [2.45, 2.75) is 40.5 Å². The summed E-state index contributed by atoms with van der Waals surface area (Å²) in [6.07, 6.45) is 17.2. The quantitative estimate of drug-likeness (QED) is 0.388. The van der Waals surface area contributed by atoms with Crippen molar-refractivity contribution in [1.82, 2.24) is 0 Å². The molecular weight excluding hydrogens is 400 g/mol. The first-order chi connectivity index (χ1) is 7.61. The minimum atomic E-state index is 0. The van der Waals surface area contributed by atoms with Gasteiger partial charge in [-0.3, -0.25) is 12.2 Å². The summed E-state index contributed by atoms with van der Waals surface area (Å²) in [6.45, 7) is 8.77. The van der Waals surface area contributed by atoms with E-state index in [0.717, 1.165) is 12.8 Å². The summed E-state index contributed by atoms with van der Waals surface area (Å²) < 4.78 is 0. The van der Waals surface area contributed by atoms with Crippen molar-refractivity contribution < 1.29 is 21.7 Å². The molecule has 0 fully saturated rings. The Labute approximate surface area is 154 Å². The van der Waals surface area contributed by atoms with Gasteiger partial charge in [-0.25, -0.2) is 23.3 Å². The molecule has 0 aromatic rings. The summed E-state index contributed by atoms with van der Waals surface area (Å²) in [5.74, 6) is 1.32. The minimum absolute atomic E-state index is 0. The summed E-state index contributed by atoms with van der Waals surface area (Å²) in [4.78, 5) is 0. The van der Waals surface area contributed by atoms with E-state index >= 15 is 0 Å². The molecule has 3 heteroatoms. The molecule has 0 heterocycles. The Bertz CT molecular complexity index is 303. The third-order valence-electron chi connectivity index (χ3n) is 2.69. The Kier molecular flexibility index (Phi) is 17.6. The van der Waals surface area contributed by atoms with E-state index < -0.39 is 0 Å². The fraction of sp³-hybridized carbons (Fsp3) is 0.500. The number of halogens is 2. The van der Waals surface area contributed by atoms with Crippen LogP contribution in [0.25, 0.3) is 0 Å². The van der Waals surface area contributed by atoms with E-state index in [0.29, 0.717) is 11.8 Å². The van der Waals surface area contributed by atoms with Crippen LogP contribution in [0.4, 0.5) is 0 Å². The summed E-state index contributed by atoms with van der Waals surface area (Å²) in [5, 5.41) is 0. The van der Waals surface area contributed by atoms with Gasteiger partial charge in [-0.1, -0.05) is 39.5 Å². The molecular formula is C16H24Br2Ti. The Morgan fingerprint density at radius 1 is 0.789 bits per heavy atom. The van der Waals surface area contributed by atoms with Gasteiger partial charge in [0.15, 0.2) is 0 Å². The zero-order valence-electron chi connectivity index (χ0n) is 12.2. The molecule has 0 atom stereocenters. The van der Waals surface area contributed by atoms with Gasteiger partial charge in [0.1, 0.15) is 0 Å². The first-order valence-corrected chi connectivity index (χ1v) is 6.15. The summed E-state index contributed by atoms with van der Waals surface area (Å²) in [7, 11) is 0. The zero-order chi connectivity index (χ0) is 12.0. The fourth-order valence-corrected chi connectivity index (χ4v) is 1.64. The summed E-state index contributed by atoms with van der Waals surface area (Å²) >= 11 is 0. The fourth-order valence-electron chi connectivity index (χ4n) is 1.64. The maximum Gasteiger partial charge on any atom is 2.00 e. The van der Waals surface area contributed by atoms with E-state index in [1.807, 2.05) is 0 Å². The third-order valence-corrected chi connectivity index (χ3v) is 2.69. The van der Waals surface area contributed by atoms with Crippen LogP contribution in [0.5, 0.6) is 0 Å². The van der Waals surface area contributed by atoms with Crippen LogP contribution >= 0.6 is 34.0 Å². The van der Waals surface area contributed by atoms with E-state index in [4.69, 9.17) is 0 Å². The van der Waals surface area contributed by atoms with E-state index in [-0.39, 0.29) is 55.7 Å². The molecule has 2 aliphatic rings. The predicted octanol–water partition coefficient (Wildman–Crippen LogP) is 5.82. The molecule has 0 nitrogen and oxygen atoms in total. The van der Waals surface area contributed by atoms with Crippen molar-refractivity contribution in [3.8, 4) is 0 Å². The zero-order valence-corrected chi connectivity index (χ0v) is 17.2. The van der Waals surface area contributed by atoms with Crippen molar-refractivity contribution in [2.24, 2.45) is 11.8 Å². The molecule has 0 N–H and O–H groups in total. The van der Waals surface area contributed by atoms with Crippen LogP contribution in [0.1, 0.15) is 40.5 Å². The van der Waals surface area contributed by atoms with Crippen molar-refractivity contribution in [3.63, 3.8) is 0 Å². The van der Waals surface area contributed by atoms with Crippen molar-refractivity contribution >= 4 is 34.0 Å². The molecule has 0 bridgehead atoms. The van der Waals surface area contributed by atoms with Crippen LogP contribution in [0.2, 0.25) is 0 Å². The smallest absolute Gasteiger partial charge is 0.269 e. The Balaban J connectivity index is -0.000000233. The topological polar surface area (TPSA) is 0 Å². The standard InChI is InChI=1S/2C8H11.2BrH.Ti/c2*1-7(2)8-5-3-4-6-8;;;/h2*3,5,7H,4H2,1-2H3;2*1H;/q2*-1;;;+2. The molecule has 2 aliphatic carbocycles. The van der Waals surface area contributed by atoms with Crippen LogP contribution in [-0.2, 0) is 21.7 Å². The van der Waals surface area contributed by atoms with Crippen LogP contribution in [0.15, 0.2) is 35.5 Å². The van der Waals surface area contributed by atoms with Gasteiger partial charge in [0.05, 0.1) is 0 Å². The normalized spacial score (nSPS) is 14.8. The van der Waals surface area contributed by atoms with Gasteiger partial charge in [-0.2, -0.15) is 12.2 Å². The Hall–Kier alpha value is 0.634. The summed E-state index contributed by atoms with van der Waals surface area (Å²) in [6, 6.07) is 0. The largest absolute Gasteiger partial charge is 2.00 e. The molecule has 0 spiro atoms. The van der Waals surface area contributed by atoms with Crippen molar-refractivity contribution in [3.05, 3.63) is 47.6 Å². The molecule has 0 saturated heterocycles. The first kappa shape index (κ1) is 24.6. The van der Waals surface area contributed by atoms with Gasteiger partial charge in [0.25, 0.3) is 0 Å². The van der Waals surface area contributed by atoms with E-state index in [2.05, 4.69) is 64.2 Å². The molecule has 0 saturated carbocycles. The average Bonchev–Trinajstić information content (AvgIpc) is 2.93. The first-order valence-electron chi connectivity index (χ1n) is 6.15. The summed E-state index contributed by atoms with van der Waals surface area (Å²) in [5.41, 5.74) is 2.73. The molecule has 0 aliphatic heterocycles. The predicted molar refractivity (Wildman–Crippen MR) is 91.3 cm³/mol. The van der Waals surface area contributed by atoms with E-state index in [9.17, 15) is 0 Å². The van der Waals surface area contributed by atoms with Crippen LogP contribution < -0.4 is 0 Å². The van der Waals surface area contributed by atoms with Crippen LogP contribution in [0.3, 0.4) is 0 Å². The second-order valence-electron chi connectivity index (χ2n) is 4.79. The minimum Gasteiger partial charge on any atom is -0.269 e. The number of hydrogen-bond donors (Lipinski definition) is 0. The van der Waals surface area contributed by atoms with Crippen molar-refractivity contribution in [1.29, 1.82) is 0 Å². The third kappa shape index (κ3) is 10.1. The molecule has 0 aromatic heterocycles. The van der Waals surface area contributed by atoms with Gasteiger partial charge in [-0.15, -0.1) is 46.8 Å². The van der Waals surface area contributed by atoms with Crippen LogP contribution in [0, 0.1) is 24.0 Å². The van der Waals surface area contributed by atoms with Gasteiger partial charge in [0.2, 0.25) is 0 Å². The Morgan fingerprint density at radius 3 is 1.21 bits per heavy atom. The van der Waals surface area contributed by atoms with Crippen molar-refractivity contribution in [2.75, 3.05) is 0 Å². The van der Waals surface area contributed by atoms with Gasteiger partial charge in [-0.05, 0) is 0 Å².